The van der Waals surface area contributed by atoms with Crippen LogP contribution in [-0.4, -0.2) is 46.9 Å². The van der Waals surface area contributed by atoms with Crippen LogP contribution >= 0.6 is 0 Å². The van der Waals surface area contributed by atoms with E-state index in [4.69, 9.17) is 4.74 Å². The second kappa shape index (κ2) is 10.3. The average molecular weight is 420 g/mol. The van der Waals surface area contributed by atoms with E-state index < -0.39 is 24.0 Å². The third-order valence-electron chi connectivity index (χ3n) is 4.69. The molecule has 0 spiro atoms. The van der Waals surface area contributed by atoms with Crippen molar-refractivity contribution in [2.45, 2.75) is 31.8 Å². The first-order valence-corrected chi connectivity index (χ1v) is 9.86. The molecule has 1 heterocycles. The topological polar surface area (TPSA) is 110 Å². The van der Waals surface area contributed by atoms with E-state index in [-0.39, 0.29) is 18.7 Å². The van der Waals surface area contributed by atoms with Gasteiger partial charge in [0.25, 0.3) is 0 Å². The number of fused-ring (bicyclic) bond motifs is 1. The minimum absolute atomic E-state index is 0.106. The summed E-state index contributed by atoms with van der Waals surface area (Å²) in [5.41, 5.74) is 2.84. The molecule has 0 radical (unpaired) electrons. The first-order chi connectivity index (χ1) is 15.0. The quantitative estimate of drug-likeness (QED) is 0.536. The van der Waals surface area contributed by atoms with Crippen molar-refractivity contribution < 1.29 is 19.1 Å². The van der Waals surface area contributed by atoms with Crippen molar-refractivity contribution >= 4 is 28.8 Å². The summed E-state index contributed by atoms with van der Waals surface area (Å²) in [5, 5.41) is 5.34. The molecule has 0 saturated heterocycles. The maximum absolute atomic E-state index is 12.9. The Labute approximate surface area is 180 Å². The molecular formula is C23H24N4O4. The molecule has 0 bridgehead atoms. The van der Waals surface area contributed by atoms with Crippen LogP contribution in [0.1, 0.15) is 18.2 Å². The molecule has 0 unspecified atom stereocenters. The van der Waals surface area contributed by atoms with Crippen LogP contribution in [0.4, 0.5) is 0 Å². The second-order valence-corrected chi connectivity index (χ2v) is 7.08. The molecule has 8 heteroatoms. The van der Waals surface area contributed by atoms with E-state index >= 15 is 0 Å². The summed E-state index contributed by atoms with van der Waals surface area (Å²) in [4.78, 5) is 45.8. The number of amides is 2. The van der Waals surface area contributed by atoms with E-state index in [2.05, 4.69) is 20.6 Å². The fourth-order valence-electron chi connectivity index (χ4n) is 3.22. The zero-order valence-corrected chi connectivity index (χ0v) is 17.4. The molecule has 0 saturated carbocycles. The number of nitrogens with zero attached hydrogens (tertiary/aromatic N) is 2. The molecular weight excluding hydrogens is 396 g/mol. The fraction of sp³-hybridized carbons (Fsp3) is 0.261. The van der Waals surface area contributed by atoms with Gasteiger partial charge in [0.15, 0.2) is 0 Å². The lowest BCUT2D eigenvalue weighted by molar-refractivity contribution is -0.145. The van der Waals surface area contributed by atoms with Gasteiger partial charge in [-0.3, -0.25) is 14.6 Å². The molecule has 2 aromatic carbocycles. The molecule has 8 nitrogen and oxygen atoms in total. The molecule has 0 fully saturated rings. The monoisotopic (exact) mass is 420 g/mol. The van der Waals surface area contributed by atoms with Gasteiger partial charge < -0.3 is 15.4 Å². The largest absolute Gasteiger partial charge is 0.467 e. The molecule has 0 aliphatic heterocycles. The highest BCUT2D eigenvalue weighted by molar-refractivity contribution is 5.90. The summed E-state index contributed by atoms with van der Waals surface area (Å²) < 4.78 is 4.86. The maximum Gasteiger partial charge on any atom is 0.328 e. The summed E-state index contributed by atoms with van der Waals surface area (Å²) in [6.07, 6.45) is 1.96. The smallest absolute Gasteiger partial charge is 0.328 e. The van der Waals surface area contributed by atoms with Crippen molar-refractivity contribution in [2.75, 3.05) is 7.11 Å². The van der Waals surface area contributed by atoms with Gasteiger partial charge in [0.2, 0.25) is 11.8 Å². The number of aromatic nitrogens is 2. The number of esters is 1. The SMILES string of the molecule is COC(=O)[C@@H](Cc1cnc2ccccc2n1)NC(=O)[C@H](Cc1ccccc1)NC(C)=O. The lowest BCUT2D eigenvalue weighted by Crippen LogP contribution is -2.53. The Kier molecular flexibility index (Phi) is 7.26. The van der Waals surface area contributed by atoms with Gasteiger partial charge in [-0.15, -0.1) is 0 Å². The number of hydrogen-bond donors (Lipinski definition) is 2. The first kappa shape index (κ1) is 21.9. The van der Waals surface area contributed by atoms with Crippen LogP contribution in [0, 0.1) is 0 Å². The number of carbonyl (C=O) groups is 3. The number of carbonyl (C=O) groups excluding carboxylic acids is 3. The summed E-state index contributed by atoms with van der Waals surface area (Å²) in [5.74, 6) is -1.43. The number of para-hydroxylation sites is 2. The van der Waals surface area contributed by atoms with Crippen LogP contribution in [-0.2, 0) is 32.0 Å². The predicted octanol–water partition coefficient (Wildman–Crippen LogP) is 1.58. The van der Waals surface area contributed by atoms with E-state index in [1.54, 1.807) is 6.20 Å². The zero-order chi connectivity index (χ0) is 22.2. The summed E-state index contributed by atoms with van der Waals surface area (Å²) in [6, 6.07) is 14.9. The number of ether oxygens (including phenoxy) is 1. The van der Waals surface area contributed by atoms with Crippen molar-refractivity contribution in [3.05, 3.63) is 72.1 Å². The van der Waals surface area contributed by atoms with E-state index in [0.717, 1.165) is 11.1 Å². The normalized spacial score (nSPS) is 12.6. The second-order valence-electron chi connectivity index (χ2n) is 7.08. The van der Waals surface area contributed by atoms with Crippen LogP contribution in [0.15, 0.2) is 60.8 Å². The molecule has 2 amide bonds. The van der Waals surface area contributed by atoms with Crippen molar-refractivity contribution in [1.82, 2.24) is 20.6 Å². The van der Waals surface area contributed by atoms with E-state index in [1.165, 1.54) is 14.0 Å². The van der Waals surface area contributed by atoms with Gasteiger partial charge in [-0.1, -0.05) is 42.5 Å². The number of hydrogen-bond acceptors (Lipinski definition) is 6. The number of rotatable bonds is 8. The Balaban J connectivity index is 1.77. The molecule has 3 aromatic rings. The van der Waals surface area contributed by atoms with Crippen LogP contribution < -0.4 is 10.6 Å². The van der Waals surface area contributed by atoms with Gasteiger partial charge in [0.05, 0.1) is 23.8 Å². The number of nitrogens with one attached hydrogen (secondary N) is 2. The van der Waals surface area contributed by atoms with Gasteiger partial charge in [-0.05, 0) is 17.7 Å². The van der Waals surface area contributed by atoms with Crippen LogP contribution in [0.5, 0.6) is 0 Å². The molecule has 2 atom stereocenters. The van der Waals surface area contributed by atoms with Gasteiger partial charge in [-0.2, -0.15) is 0 Å². The minimum atomic E-state index is -0.972. The van der Waals surface area contributed by atoms with Crippen molar-refractivity contribution in [3.8, 4) is 0 Å². The van der Waals surface area contributed by atoms with Gasteiger partial charge >= 0.3 is 5.97 Å². The third-order valence-corrected chi connectivity index (χ3v) is 4.69. The molecule has 3 rings (SSSR count). The van der Waals surface area contributed by atoms with Crippen LogP contribution in [0.3, 0.4) is 0 Å². The summed E-state index contributed by atoms with van der Waals surface area (Å²) in [6.45, 7) is 1.34. The van der Waals surface area contributed by atoms with Crippen molar-refractivity contribution in [1.29, 1.82) is 0 Å². The van der Waals surface area contributed by atoms with E-state index in [0.29, 0.717) is 11.2 Å². The van der Waals surface area contributed by atoms with E-state index in [1.807, 2.05) is 54.6 Å². The molecule has 2 N–H and O–H groups in total. The Morgan fingerprint density at radius 3 is 2.26 bits per heavy atom. The van der Waals surface area contributed by atoms with Crippen LogP contribution in [0.2, 0.25) is 0 Å². The van der Waals surface area contributed by atoms with Gasteiger partial charge in [0.1, 0.15) is 12.1 Å². The lowest BCUT2D eigenvalue weighted by atomic mass is 10.0. The molecule has 0 aliphatic rings. The summed E-state index contributed by atoms with van der Waals surface area (Å²) >= 11 is 0. The standard InChI is InChI=1S/C23H24N4O4/c1-15(28)25-20(12-16-8-4-3-5-9-16)22(29)27-21(23(30)31-2)13-17-14-24-18-10-6-7-11-19(18)26-17/h3-11,14,20-21H,12-13H2,1-2H3,(H,25,28)(H,27,29)/t20-,21+/m0/s1. The summed E-state index contributed by atoms with van der Waals surface area (Å²) in [7, 11) is 1.25. The van der Waals surface area contributed by atoms with Crippen molar-refractivity contribution in [3.63, 3.8) is 0 Å². The van der Waals surface area contributed by atoms with E-state index in [9.17, 15) is 14.4 Å². The number of benzene rings is 2. The minimum Gasteiger partial charge on any atom is -0.467 e. The van der Waals surface area contributed by atoms with Crippen LogP contribution in [0.25, 0.3) is 11.0 Å². The number of methoxy groups -OCH3 is 1. The highest BCUT2D eigenvalue weighted by atomic mass is 16.5. The molecule has 31 heavy (non-hydrogen) atoms. The first-order valence-electron chi connectivity index (χ1n) is 9.86. The average Bonchev–Trinajstić information content (AvgIpc) is 2.78. The Morgan fingerprint density at radius 2 is 1.58 bits per heavy atom. The Morgan fingerprint density at radius 1 is 0.903 bits per heavy atom. The van der Waals surface area contributed by atoms with Gasteiger partial charge in [-0.25, -0.2) is 9.78 Å². The predicted molar refractivity (Wildman–Crippen MR) is 115 cm³/mol. The van der Waals surface area contributed by atoms with Crippen molar-refractivity contribution in [2.24, 2.45) is 0 Å². The zero-order valence-electron chi connectivity index (χ0n) is 17.4. The molecule has 0 aliphatic carbocycles. The van der Waals surface area contributed by atoms with Gasteiger partial charge in [0, 0.05) is 26.0 Å². The Hall–Kier alpha value is -3.81. The molecule has 1 aromatic heterocycles. The highest BCUT2D eigenvalue weighted by Gasteiger charge is 2.27. The fourth-order valence-corrected chi connectivity index (χ4v) is 3.22. The maximum atomic E-state index is 12.9. The highest BCUT2D eigenvalue weighted by Crippen LogP contribution is 2.11. The third kappa shape index (κ3) is 6.08. The lowest BCUT2D eigenvalue weighted by Gasteiger charge is -2.22. The molecule has 160 valence electrons. The Bertz CT molecular complexity index is 1070.